The zero-order valence-electron chi connectivity index (χ0n) is 9.64. The molecule has 0 amide bonds. The van der Waals surface area contributed by atoms with Gasteiger partial charge in [-0.25, -0.2) is 4.39 Å². The number of nitrogens with two attached hydrogens (primary N) is 1. The number of hydrogen-bond donors (Lipinski definition) is 1. The second-order valence-electron chi connectivity index (χ2n) is 4.02. The summed E-state index contributed by atoms with van der Waals surface area (Å²) in [6.07, 6.45) is 3.58. The summed E-state index contributed by atoms with van der Waals surface area (Å²) in [6.45, 7) is 0.982. The molecule has 0 unspecified atom stereocenters. The second kappa shape index (κ2) is 4.51. The number of fused-ring (bicyclic) bond motifs is 1. The van der Waals surface area contributed by atoms with E-state index in [1.54, 1.807) is 28.3 Å². The Kier molecular flexibility index (Phi) is 2.85. The van der Waals surface area contributed by atoms with E-state index >= 15 is 0 Å². The van der Waals surface area contributed by atoms with E-state index in [4.69, 9.17) is 5.73 Å². The lowest BCUT2D eigenvalue weighted by Crippen LogP contribution is -2.04. The molecule has 92 valence electrons. The number of rotatable bonds is 3. The Morgan fingerprint density at radius 3 is 2.94 bits per heavy atom. The van der Waals surface area contributed by atoms with E-state index in [1.165, 1.54) is 6.07 Å². The van der Waals surface area contributed by atoms with Gasteiger partial charge in [-0.05, 0) is 23.8 Å². The molecule has 3 aromatic rings. The van der Waals surface area contributed by atoms with Crippen molar-refractivity contribution in [1.82, 2.24) is 9.78 Å². The molecule has 0 aliphatic heterocycles. The highest BCUT2D eigenvalue weighted by Gasteiger charge is 2.14. The summed E-state index contributed by atoms with van der Waals surface area (Å²) in [6, 6.07) is 7.00. The number of benzene rings is 1. The van der Waals surface area contributed by atoms with Crippen LogP contribution in [0.25, 0.3) is 10.1 Å². The van der Waals surface area contributed by atoms with Crippen molar-refractivity contribution in [3.63, 3.8) is 0 Å². The van der Waals surface area contributed by atoms with Crippen LogP contribution >= 0.6 is 11.3 Å². The number of thiophene rings is 1. The first kappa shape index (κ1) is 11.4. The normalized spacial score (nSPS) is 11.2. The van der Waals surface area contributed by atoms with Crippen LogP contribution in [0, 0.1) is 5.82 Å². The largest absolute Gasteiger partial charge is 0.326 e. The molecule has 2 heterocycles. The van der Waals surface area contributed by atoms with E-state index in [0.29, 0.717) is 18.5 Å². The molecule has 3 nitrogen and oxygen atoms in total. The van der Waals surface area contributed by atoms with E-state index in [2.05, 4.69) is 5.10 Å². The third kappa shape index (κ3) is 1.81. The van der Waals surface area contributed by atoms with Gasteiger partial charge in [-0.15, -0.1) is 11.3 Å². The van der Waals surface area contributed by atoms with Crippen LogP contribution in [-0.2, 0) is 13.1 Å². The summed E-state index contributed by atoms with van der Waals surface area (Å²) in [4.78, 5) is 1.02. The molecule has 0 fully saturated rings. The molecule has 5 heteroatoms. The topological polar surface area (TPSA) is 43.8 Å². The molecule has 0 aliphatic rings. The molecule has 18 heavy (non-hydrogen) atoms. The summed E-state index contributed by atoms with van der Waals surface area (Å²) in [5, 5.41) is 4.84. The van der Waals surface area contributed by atoms with Crippen molar-refractivity contribution in [1.29, 1.82) is 0 Å². The quantitative estimate of drug-likeness (QED) is 0.788. The first-order valence-corrected chi connectivity index (χ1v) is 6.47. The Morgan fingerprint density at radius 2 is 2.22 bits per heavy atom. The van der Waals surface area contributed by atoms with Gasteiger partial charge in [-0.3, -0.25) is 4.68 Å². The third-order valence-electron chi connectivity index (χ3n) is 2.91. The van der Waals surface area contributed by atoms with Gasteiger partial charge in [0.15, 0.2) is 0 Å². The molecule has 3 rings (SSSR count). The Balaban J connectivity index is 2.19. The highest BCUT2D eigenvalue weighted by atomic mass is 32.1. The van der Waals surface area contributed by atoms with Gasteiger partial charge in [-0.2, -0.15) is 5.10 Å². The van der Waals surface area contributed by atoms with Crippen molar-refractivity contribution < 1.29 is 4.39 Å². The fourth-order valence-corrected chi connectivity index (χ4v) is 3.21. The molecule has 1 aromatic carbocycles. The van der Waals surface area contributed by atoms with Crippen molar-refractivity contribution in [3.8, 4) is 0 Å². The number of halogens is 1. The molecule has 0 bridgehead atoms. The lowest BCUT2D eigenvalue weighted by molar-refractivity contribution is 0.635. The monoisotopic (exact) mass is 261 g/mol. The van der Waals surface area contributed by atoms with E-state index in [9.17, 15) is 4.39 Å². The Bertz CT molecular complexity index is 673. The molecular formula is C13H12FN3S. The van der Waals surface area contributed by atoms with E-state index in [-0.39, 0.29) is 5.82 Å². The minimum Gasteiger partial charge on any atom is -0.326 e. The minimum atomic E-state index is -0.189. The van der Waals surface area contributed by atoms with E-state index in [0.717, 1.165) is 15.1 Å². The first-order valence-electron chi connectivity index (χ1n) is 5.66. The zero-order valence-corrected chi connectivity index (χ0v) is 10.5. The molecule has 0 radical (unpaired) electrons. The molecule has 0 aliphatic carbocycles. The van der Waals surface area contributed by atoms with Gasteiger partial charge < -0.3 is 5.73 Å². The molecule has 0 atom stereocenters. The van der Waals surface area contributed by atoms with Crippen LogP contribution in [0.1, 0.15) is 10.4 Å². The van der Waals surface area contributed by atoms with Gasteiger partial charge in [0.1, 0.15) is 5.82 Å². The highest BCUT2D eigenvalue weighted by molar-refractivity contribution is 7.19. The predicted octanol–water partition coefficient (Wildman–Crippen LogP) is 2.74. The van der Waals surface area contributed by atoms with Gasteiger partial charge in [0.25, 0.3) is 0 Å². The van der Waals surface area contributed by atoms with Gasteiger partial charge in [0.05, 0.1) is 6.54 Å². The maximum absolute atomic E-state index is 14.0. The van der Waals surface area contributed by atoms with Crippen LogP contribution in [-0.4, -0.2) is 9.78 Å². The molecular weight excluding hydrogens is 249 g/mol. The lowest BCUT2D eigenvalue weighted by atomic mass is 10.1. The van der Waals surface area contributed by atoms with Crippen molar-refractivity contribution >= 4 is 21.4 Å². The Labute approximate surface area is 108 Å². The molecule has 2 aromatic heterocycles. The fraction of sp³-hybridized carbons (Fsp3) is 0.154. The molecule has 2 N–H and O–H groups in total. The van der Waals surface area contributed by atoms with Crippen LogP contribution < -0.4 is 5.73 Å². The summed E-state index contributed by atoms with van der Waals surface area (Å²) in [5.41, 5.74) is 6.70. The average molecular weight is 261 g/mol. The molecule has 0 saturated heterocycles. The second-order valence-corrected chi connectivity index (χ2v) is 5.16. The van der Waals surface area contributed by atoms with Crippen LogP contribution in [0.15, 0.2) is 36.7 Å². The fourth-order valence-electron chi connectivity index (χ4n) is 2.10. The van der Waals surface area contributed by atoms with Crippen molar-refractivity contribution in [2.75, 3.05) is 0 Å². The number of hydrogen-bond acceptors (Lipinski definition) is 3. The summed E-state index contributed by atoms with van der Waals surface area (Å²) < 4.78 is 16.7. The van der Waals surface area contributed by atoms with Crippen molar-refractivity contribution in [2.24, 2.45) is 5.73 Å². The highest BCUT2D eigenvalue weighted by Crippen LogP contribution is 2.33. The van der Waals surface area contributed by atoms with Crippen molar-refractivity contribution in [2.45, 2.75) is 13.1 Å². The minimum absolute atomic E-state index is 0.189. The van der Waals surface area contributed by atoms with E-state index in [1.807, 2.05) is 18.3 Å². The molecule has 0 spiro atoms. The first-order chi connectivity index (χ1) is 8.79. The molecule has 0 saturated carbocycles. The Morgan fingerprint density at radius 1 is 1.33 bits per heavy atom. The lowest BCUT2D eigenvalue weighted by Gasteiger charge is -2.04. The third-order valence-corrected chi connectivity index (χ3v) is 4.13. The summed E-state index contributed by atoms with van der Waals surface area (Å²) in [7, 11) is 0. The van der Waals surface area contributed by atoms with Gasteiger partial charge in [0.2, 0.25) is 0 Å². The predicted molar refractivity (Wildman–Crippen MR) is 71.0 cm³/mol. The van der Waals surface area contributed by atoms with Crippen LogP contribution in [0.2, 0.25) is 0 Å². The SMILES string of the molecule is NCc1sc2cccc(F)c2c1Cn1cccn1. The smallest absolute Gasteiger partial charge is 0.132 e. The maximum Gasteiger partial charge on any atom is 0.132 e. The van der Waals surface area contributed by atoms with Crippen LogP contribution in [0.3, 0.4) is 0 Å². The number of aromatic nitrogens is 2. The zero-order chi connectivity index (χ0) is 12.5. The summed E-state index contributed by atoms with van der Waals surface area (Å²) in [5.74, 6) is -0.189. The maximum atomic E-state index is 14.0. The van der Waals surface area contributed by atoms with Gasteiger partial charge in [0, 0.05) is 33.9 Å². The van der Waals surface area contributed by atoms with Gasteiger partial charge >= 0.3 is 0 Å². The standard InChI is InChI=1S/C13H12FN3S/c14-10-3-1-4-11-13(10)9(12(7-15)18-11)8-17-6-2-5-16-17/h1-6H,7-8,15H2. The average Bonchev–Trinajstić information content (AvgIpc) is 2.98. The van der Waals surface area contributed by atoms with Crippen LogP contribution in [0.4, 0.5) is 4.39 Å². The summed E-state index contributed by atoms with van der Waals surface area (Å²) >= 11 is 1.55. The Hall–Kier alpha value is -1.72. The van der Waals surface area contributed by atoms with E-state index < -0.39 is 0 Å². The number of nitrogens with zero attached hydrogens (tertiary/aromatic N) is 2. The van der Waals surface area contributed by atoms with Crippen LogP contribution in [0.5, 0.6) is 0 Å². The van der Waals surface area contributed by atoms with Gasteiger partial charge in [-0.1, -0.05) is 6.07 Å². The van der Waals surface area contributed by atoms with Crippen molar-refractivity contribution in [3.05, 3.63) is 52.9 Å².